The predicted octanol–water partition coefficient (Wildman–Crippen LogP) is 3.41. The number of methoxy groups -OCH3 is 1. The lowest BCUT2D eigenvalue weighted by Gasteiger charge is -2.36. The van der Waals surface area contributed by atoms with E-state index in [2.05, 4.69) is 10.2 Å². The molecule has 2 rings (SSSR count). The summed E-state index contributed by atoms with van der Waals surface area (Å²) in [5.74, 6) is 0.656. The lowest BCUT2D eigenvalue weighted by Crippen LogP contribution is -2.45. The first-order chi connectivity index (χ1) is 10.0. The summed E-state index contributed by atoms with van der Waals surface area (Å²) in [5.41, 5.74) is 0.839. The molecule has 1 aliphatic rings. The molecule has 0 aliphatic carbocycles. The van der Waals surface area contributed by atoms with Gasteiger partial charge >= 0.3 is 6.18 Å². The SMILES string of the molecule is COc1ccccc1[C@H](CCC(F)(F)F)N1CCNCC1.Cl. The number of hydrogen-bond acceptors (Lipinski definition) is 3. The van der Waals surface area contributed by atoms with E-state index in [1.807, 2.05) is 18.2 Å². The number of ether oxygens (including phenoxy) is 1. The van der Waals surface area contributed by atoms with E-state index < -0.39 is 12.6 Å². The van der Waals surface area contributed by atoms with Gasteiger partial charge in [0.2, 0.25) is 0 Å². The lowest BCUT2D eigenvalue weighted by atomic mass is 9.98. The van der Waals surface area contributed by atoms with Crippen molar-refractivity contribution in [2.75, 3.05) is 33.3 Å². The number of hydrogen-bond donors (Lipinski definition) is 1. The van der Waals surface area contributed by atoms with Gasteiger partial charge in [0, 0.05) is 44.2 Å². The smallest absolute Gasteiger partial charge is 0.389 e. The Morgan fingerprint density at radius 1 is 1.23 bits per heavy atom. The summed E-state index contributed by atoms with van der Waals surface area (Å²) in [4.78, 5) is 2.11. The Balaban J connectivity index is 0.00000242. The van der Waals surface area contributed by atoms with Gasteiger partial charge in [0.25, 0.3) is 0 Å². The van der Waals surface area contributed by atoms with Crippen LogP contribution in [0.25, 0.3) is 0 Å². The second-order valence-electron chi connectivity index (χ2n) is 5.20. The molecule has 1 fully saturated rings. The van der Waals surface area contributed by atoms with Gasteiger partial charge < -0.3 is 10.1 Å². The zero-order valence-electron chi connectivity index (χ0n) is 12.5. The van der Waals surface area contributed by atoms with Crippen molar-refractivity contribution in [1.82, 2.24) is 10.2 Å². The second-order valence-corrected chi connectivity index (χ2v) is 5.20. The molecule has 0 bridgehead atoms. The molecule has 1 N–H and O–H groups in total. The van der Waals surface area contributed by atoms with E-state index >= 15 is 0 Å². The molecular formula is C15H22ClF3N2O. The zero-order chi connectivity index (χ0) is 15.3. The van der Waals surface area contributed by atoms with Crippen LogP contribution >= 0.6 is 12.4 Å². The minimum absolute atomic E-state index is 0. The third kappa shape index (κ3) is 5.34. The highest BCUT2D eigenvalue weighted by Gasteiger charge is 2.32. The number of nitrogens with one attached hydrogen (secondary N) is 1. The molecule has 0 amide bonds. The third-order valence-electron chi connectivity index (χ3n) is 3.79. The van der Waals surface area contributed by atoms with E-state index in [1.165, 1.54) is 0 Å². The summed E-state index contributed by atoms with van der Waals surface area (Å²) in [7, 11) is 1.55. The molecular weight excluding hydrogens is 317 g/mol. The molecule has 126 valence electrons. The van der Waals surface area contributed by atoms with Crippen molar-refractivity contribution in [3.05, 3.63) is 29.8 Å². The standard InChI is InChI=1S/C15H21F3N2O.ClH/c1-21-14-5-3-2-4-12(14)13(6-7-15(16,17)18)20-10-8-19-9-11-20;/h2-5,13,19H,6-11H2,1H3;1H/t13-;/m0./s1. The molecule has 1 saturated heterocycles. The number of para-hydroxylation sites is 1. The molecule has 0 spiro atoms. The summed E-state index contributed by atoms with van der Waals surface area (Å²) in [6, 6.07) is 7.09. The number of benzene rings is 1. The molecule has 1 aromatic rings. The van der Waals surface area contributed by atoms with Crippen LogP contribution in [-0.2, 0) is 0 Å². The Morgan fingerprint density at radius 3 is 2.45 bits per heavy atom. The van der Waals surface area contributed by atoms with Gasteiger partial charge in [-0.2, -0.15) is 13.2 Å². The largest absolute Gasteiger partial charge is 0.496 e. The average molecular weight is 339 g/mol. The molecule has 0 saturated carbocycles. The Hall–Kier alpha value is -0.980. The van der Waals surface area contributed by atoms with E-state index in [1.54, 1.807) is 13.2 Å². The van der Waals surface area contributed by atoms with Crippen molar-refractivity contribution >= 4 is 12.4 Å². The number of alkyl halides is 3. The Labute approximate surface area is 135 Å². The van der Waals surface area contributed by atoms with Gasteiger partial charge in [-0.1, -0.05) is 18.2 Å². The highest BCUT2D eigenvalue weighted by atomic mass is 35.5. The van der Waals surface area contributed by atoms with Gasteiger partial charge in [-0.05, 0) is 12.5 Å². The maximum absolute atomic E-state index is 12.6. The predicted molar refractivity (Wildman–Crippen MR) is 82.7 cm³/mol. The van der Waals surface area contributed by atoms with E-state index in [9.17, 15) is 13.2 Å². The maximum Gasteiger partial charge on any atom is 0.389 e. The first-order valence-corrected chi connectivity index (χ1v) is 7.15. The molecule has 1 aromatic carbocycles. The molecule has 1 atom stereocenters. The zero-order valence-corrected chi connectivity index (χ0v) is 13.3. The molecule has 0 aromatic heterocycles. The lowest BCUT2D eigenvalue weighted by molar-refractivity contribution is -0.138. The molecule has 1 heterocycles. The van der Waals surface area contributed by atoms with E-state index in [0.717, 1.165) is 31.7 Å². The molecule has 22 heavy (non-hydrogen) atoms. The fourth-order valence-corrected chi connectivity index (χ4v) is 2.77. The first-order valence-electron chi connectivity index (χ1n) is 7.15. The third-order valence-corrected chi connectivity index (χ3v) is 3.79. The Bertz CT molecular complexity index is 451. The first kappa shape index (κ1) is 19.1. The highest BCUT2D eigenvalue weighted by Crippen LogP contribution is 2.35. The van der Waals surface area contributed by atoms with Gasteiger partial charge in [-0.15, -0.1) is 12.4 Å². The fourth-order valence-electron chi connectivity index (χ4n) is 2.77. The minimum Gasteiger partial charge on any atom is -0.496 e. The van der Waals surface area contributed by atoms with Crippen LogP contribution in [0, 0.1) is 0 Å². The van der Waals surface area contributed by atoms with Crippen LogP contribution in [0.1, 0.15) is 24.4 Å². The van der Waals surface area contributed by atoms with Crippen molar-refractivity contribution in [2.45, 2.75) is 25.1 Å². The van der Waals surface area contributed by atoms with Gasteiger partial charge in [-0.3, -0.25) is 4.90 Å². The number of rotatable bonds is 5. The second kappa shape index (κ2) is 8.60. The summed E-state index contributed by atoms with van der Waals surface area (Å²) < 4.78 is 43.2. The van der Waals surface area contributed by atoms with Crippen molar-refractivity contribution in [3.63, 3.8) is 0 Å². The summed E-state index contributed by atoms with van der Waals surface area (Å²) in [6.07, 6.45) is -4.85. The van der Waals surface area contributed by atoms with Gasteiger partial charge in [-0.25, -0.2) is 0 Å². The minimum atomic E-state index is -4.13. The van der Waals surface area contributed by atoms with Crippen LogP contribution < -0.4 is 10.1 Å². The van der Waals surface area contributed by atoms with Gasteiger partial charge in [0.15, 0.2) is 0 Å². The van der Waals surface area contributed by atoms with Crippen LogP contribution in [0.15, 0.2) is 24.3 Å². The van der Waals surface area contributed by atoms with Gasteiger partial charge in [0.05, 0.1) is 7.11 Å². The summed E-state index contributed by atoms with van der Waals surface area (Å²) in [6.45, 7) is 3.11. The van der Waals surface area contributed by atoms with E-state index in [-0.39, 0.29) is 24.9 Å². The number of piperazine rings is 1. The highest BCUT2D eigenvalue weighted by molar-refractivity contribution is 5.85. The van der Waals surface area contributed by atoms with E-state index in [0.29, 0.717) is 5.75 Å². The quantitative estimate of drug-likeness (QED) is 0.890. The molecule has 0 unspecified atom stereocenters. The molecule has 1 aliphatic heterocycles. The normalized spacial score (nSPS) is 17.6. The average Bonchev–Trinajstić information content (AvgIpc) is 2.48. The van der Waals surface area contributed by atoms with Crippen LogP contribution in [0.5, 0.6) is 5.75 Å². The van der Waals surface area contributed by atoms with Crippen molar-refractivity contribution < 1.29 is 17.9 Å². The molecule has 3 nitrogen and oxygen atoms in total. The number of nitrogens with zero attached hydrogens (tertiary/aromatic N) is 1. The van der Waals surface area contributed by atoms with E-state index in [4.69, 9.17) is 4.74 Å². The van der Waals surface area contributed by atoms with Crippen LogP contribution in [0.3, 0.4) is 0 Å². The Kier molecular flexibility index (Phi) is 7.45. The topological polar surface area (TPSA) is 24.5 Å². The van der Waals surface area contributed by atoms with Crippen LogP contribution in [-0.4, -0.2) is 44.4 Å². The van der Waals surface area contributed by atoms with Crippen LogP contribution in [0.2, 0.25) is 0 Å². The molecule has 7 heteroatoms. The van der Waals surface area contributed by atoms with Gasteiger partial charge in [0.1, 0.15) is 5.75 Å². The summed E-state index contributed by atoms with van der Waals surface area (Å²) in [5, 5.41) is 3.23. The summed E-state index contributed by atoms with van der Waals surface area (Å²) >= 11 is 0. The fraction of sp³-hybridized carbons (Fsp3) is 0.600. The number of halogens is 4. The Morgan fingerprint density at radius 2 is 1.86 bits per heavy atom. The maximum atomic E-state index is 12.6. The molecule has 0 radical (unpaired) electrons. The van der Waals surface area contributed by atoms with Crippen molar-refractivity contribution in [2.24, 2.45) is 0 Å². The van der Waals surface area contributed by atoms with Crippen molar-refractivity contribution in [1.29, 1.82) is 0 Å². The van der Waals surface area contributed by atoms with Crippen LogP contribution in [0.4, 0.5) is 13.2 Å². The van der Waals surface area contributed by atoms with Crippen molar-refractivity contribution in [3.8, 4) is 5.75 Å². The monoisotopic (exact) mass is 338 g/mol.